The van der Waals surface area contributed by atoms with E-state index in [1.54, 1.807) is 12.1 Å². The van der Waals surface area contributed by atoms with Gasteiger partial charge in [-0.25, -0.2) is 0 Å². The highest BCUT2D eigenvalue weighted by Gasteiger charge is 2.07. The Bertz CT molecular complexity index is 406. The summed E-state index contributed by atoms with van der Waals surface area (Å²) in [6.45, 7) is 0. The van der Waals surface area contributed by atoms with Crippen LogP contribution >= 0.6 is 12.2 Å². The van der Waals surface area contributed by atoms with Crippen molar-refractivity contribution in [2.24, 2.45) is 11.5 Å². The number of benzene rings is 1. The Balaban J connectivity index is 3.08. The molecule has 0 atom stereocenters. The predicted molar refractivity (Wildman–Crippen MR) is 61.9 cm³/mol. The molecule has 1 amide bonds. The fraction of sp³-hybridized carbons (Fsp3) is 0.111. The molecule has 0 aliphatic rings. The molecule has 15 heavy (non-hydrogen) atoms. The molecule has 0 unspecified atom stereocenters. The van der Waals surface area contributed by atoms with E-state index in [1.807, 2.05) is 0 Å². The lowest BCUT2D eigenvalue weighted by atomic mass is 10.2. The minimum atomic E-state index is -0.518. The topological polar surface area (TPSA) is 90.4 Å². The Labute approximate surface area is 92.4 Å². The molecule has 0 aliphatic carbocycles. The van der Waals surface area contributed by atoms with Gasteiger partial charge in [-0.2, -0.15) is 0 Å². The highest BCUT2D eigenvalue weighted by molar-refractivity contribution is 7.80. The number of ether oxygens (including phenoxy) is 1. The molecule has 0 spiro atoms. The number of primary amides is 1. The Morgan fingerprint density at radius 3 is 2.60 bits per heavy atom. The van der Waals surface area contributed by atoms with Crippen LogP contribution in [-0.2, 0) is 0 Å². The lowest BCUT2D eigenvalue weighted by Gasteiger charge is -2.10. The van der Waals surface area contributed by atoms with E-state index in [0.717, 1.165) is 0 Å². The van der Waals surface area contributed by atoms with Crippen molar-refractivity contribution in [2.45, 2.75) is 0 Å². The average molecular weight is 225 g/mol. The van der Waals surface area contributed by atoms with Crippen LogP contribution < -0.4 is 21.5 Å². The number of rotatable bonds is 3. The third-order valence-electron chi connectivity index (χ3n) is 1.74. The van der Waals surface area contributed by atoms with E-state index in [0.29, 0.717) is 17.0 Å². The third kappa shape index (κ3) is 2.81. The van der Waals surface area contributed by atoms with Gasteiger partial charge in [-0.1, -0.05) is 0 Å². The molecule has 5 N–H and O–H groups in total. The summed E-state index contributed by atoms with van der Waals surface area (Å²) in [5.41, 5.74) is 11.4. The van der Waals surface area contributed by atoms with Crippen LogP contribution in [0.15, 0.2) is 18.2 Å². The molecule has 0 aromatic heterocycles. The maximum atomic E-state index is 10.9. The summed E-state index contributed by atoms with van der Waals surface area (Å²) in [4.78, 5) is 10.9. The van der Waals surface area contributed by atoms with Gasteiger partial charge in [0.15, 0.2) is 5.11 Å². The summed E-state index contributed by atoms with van der Waals surface area (Å²) >= 11 is 4.69. The van der Waals surface area contributed by atoms with Gasteiger partial charge in [0.05, 0.1) is 12.8 Å². The van der Waals surface area contributed by atoms with E-state index in [-0.39, 0.29) is 5.11 Å². The first-order valence-corrected chi connectivity index (χ1v) is 4.49. The molecule has 0 aliphatic heterocycles. The minimum Gasteiger partial charge on any atom is -0.495 e. The van der Waals surface area contributed by atoms with Gasteiger partial charge in [0, 0.05) is 5.56 Å². The minimum absolute atomic E-state index is 0.125. The van der Waals surface area contributed by atoms with E-state index in [2.05, 4.69) is 17.5 Å². The SMILES string of the molecule is COc1cc(C(N)=O)ccc1NC(N)=S. The van der Waals surface area contributed by atoms with Crippen molar-refractivity contribution in [3.63, 3.8) is 0 Å². The maximum absolute atomic E-state index is 10.9. The Morgan fingerprint density at radius 2 is 2.13 bits per heavy atom. The molecule has 6 heteroatoms. The van der Waals surface area contributed by atoms with Gasteiger partial charge in [0.25, 0.3) is 0 Å². The summed E-state index contributed by atoms with van der Waals surface area (Å²) < 4.78 is 5.05. The first kappa shape index (κ1) is 11.3. The van der Waals surface area contributed by atoms with E-state index in [9.17, 15) is 4.79 Å². The summed E-state index contributed by atoms with van der Waals surface area (Å²) in [6.07, 6.45) is 0. The second kappa shape index (κ2) is 4.61. The number of nitrogens with one attached hydrogen (secondary N) is 1. The second-order valence-electron chi connectivity index (χ2n) is 2.77. The molecule has 0 heterocycles. The van der Waals surface area contributed by atoms with Crippen LogP contribution in [0.3, 0.4) is 0 Å². The fourth-order valence-electron chi connectivity index (χ4n) is 1.08. The Morgan fingerprint density at radius 1 is 1.47 bits per heavy atom. The number of methoxy groups -OCH3 is 1. The number of hydrogen-bond donors (Lipinski definition) is 3. The zero-order chi connectivity index (χ0) is 11.4. The Kier molecular flexibility index (Phi) is 3.46. The number of nitrogens with two attached hydrogens (primary N) is 2. The van der Waals surface area contributed by atoms with Crippen LogP contribution in [0.1, 0.15) is 10.4 Å². The molecule has 0 bridgehead atoms. The van der Waals surface area contributed by atoms with Crippen LogP contribution in [0.25, 0.3) is 0 Å². The van der Waals surface area contributed by atoms with Crippen molar-refractivity contribution in [1.29, 1.82) is 0 Å². The highest BCUT2D eigenvalue weighted by atomic mass is 32.1. The maximum Gasteiger partial charge on any atom is 0.248 e. The molecule has 1 aromatic carbocycles. The van der Waals surface area contributed by atoms with Crippen molar-refractivity contribution in [3.8, 4) is 5.75 Å². The Hall–Kier alpha value is -1.82. The molecule has 0 saturated carbocycles. The van der Waals surface area contributed by atoms with Crippen molar-refractivity contribution >= 4 is 28.9 Å². The molecule has 0 radical (unpaired) electrons. The first-order valence-electron chi connectivity index (χ1n) is 4.09. The van der Waals surface area contributed by atoms with Crippen molar-refractivity contribution in [3.05, 3.63) is 23.8 Å². The van der Waals surface area contributed by atoms with Crippen molar-refractivity contribution in [2.75, 3.05) is 12.4 Å². The van der Waals surface area contributed by atoms with Gasteiger partial charge in [-0.15, -0.1) is 0 Å². The summed E-state index contributed by atoms with van der Waals surface area (Å²) in [6, 6.07) is 4.70. The number of carbonyl (C=O) groups excluding carboxylic acids is 1. The standard InChI is InChI=1S/C9H11N3O2S/c1-14-7-4-5(8(10)13)2-3-6(7)12-9(11)15/h2-4H,1H3,(H2,10,13)(H3,11,12,15). The number of carbonyl (C=O) groups is 1. The normalized spacial score (nSPS) is 9.40. The zero-order valence-corrected chi connectivity index (χ0v) is 8.93. The quantitative estimate of drug-likeness (QED) is 0.650. The molecule has 1 rings (SSSR count). The largest absolute Gasteiger partial charge is 0.495 e. The van der Waals surface area contributed by atoms with E-state index in [1.165, 1.54) is 13.2 Å². The van der Waals surface area contributed by atoms with Crippen LogP contribution in [-0.4, -0.2) is 18.1 Å². The molecular weight excluding hydrogens is 214 g/mol. The number of hydrogen-bond acceptors (Lipinski definition) is 3. The first-order chi connectivity index (χ1) is 7.04. The highest BCUT2D eigenvalue weighted by Crippen LogP contribution is 2.25. The van der Waals surface area contributed by atoms with Crippen LogP contribution in [0.2, 0.25) is 0 Å². The average Bonchev–Trinajstić information content (AvgIpc) is 2.17. The van der Waals surface area contributed by atoms with Gasteiger partial charge in [0.2, 0.25) is 5.91 Å². The smallest absolute Gasteiger partial charge is 0.248 e. The van der Waals surface area contributed by atoms with Crippen LogP contribution in [0.5, 0.6) is 5.75 Å². The van der Waals surface area contributed by atoms with Gasteiger partial charge >= 0.3 is 0 Å². The molecule has 5 nitrogen and oxygen atoms in total. The number of anilines is 1. The molecular formula is C9H11N3O2S. The number of thiocarbonyl (C=S) groups is 1. The predicted octanol–water partition coefficient (Wildman–Crippen LogP) is 0.450. The number of amides is 1. The lowest BCUT2D eigenvalue weighted by Crippen LogP contribution is -2.19. The van der Waals surface area contributed by atoms with Crippen LogP contribution in [0, 0.1) is 0 Å². The molecule has 80 valence electrons. The summed E-state index contributed by atoms with van der Waals surface area (Å²) in [5.74, 6) is -0.0609. The van der Waals surface area contributed by atoms with Crippen LogP contribution in [0.4, 0.5) is 5.69 Å². The van der Waals surface area contributed by atoms with Crippen molar-refractivity contribution < 1.29 is 9.53 Å². The summed E-state index contributed by atoms with van der Waals surface area (Å²) in [5, 5.41) is 2.85. The zero-order valence-electron chi connectivity index (χ0n) is 8.11. The van der Waals surface area contributed by atoms with Gasteiger partial charge in [-0.3, -0.25) is 4.79 Å². The van der Waals surface area contributed by atoms with Gasteiger partial charge in [-0.05, 0) is 30.4 Å². The fourth-order valence-corrected chi connectivity index (χ4v) is 1.19. The molecule has 0 saturated heterocycles. The lowest BCUT2D eigenvalue weighted by molar-refractivity contribution is 0.1000. The monoisotopic (exact) mass is 225 g/mol. The van der Waals surface area contributed by atoms with E-state index in [4.69, 9.17) is 16.2 Å². The van der Waals surface area contributed by atoms with E-state index >= 15 is 0 Å². The molecule has 0 fully saturated rings. The van der Waals surface area contributed by atoms with Gasteiger partial charge < -0.3 is 21.5 Å². The van der Waals surface area contributed by atoms with Crippen molar-refractivity contribution in [1.82, 2.24) is 0 Å². The second-order valence-corrected chi connectivity index (χ2v) is 3.21. The van der Waals surface area contributed by atoms with Gasteiger partial charge in [0.1, 0.15) is 5.75 Å². The van der Waals surface area contributed by atoms with E-state index < -0.39 is 5.91 Å². The molecule has 1 aromatic rings. The summed E-state index contributed by atoms with van der Waals surface area (Å²) in [7, 11) is 1.48. The third-order valence-corrected chi connectivity index (χ3v) is 1.85.